The zero-order valence-corrected chi connectivity index (χ0v) is 12.6. The molecule has 22 heavy (non-hydrogen) atoms. The highest BCUT2D eigenvalue weighted by atomic mass is 32.2. The van der Waals surface area contributed by atoms with Crippen molar-refractivity contribution in [1.29, 1.82) is 0 Å². The van der Waals surface area contributed by atoms with E-state index in [1.54, 1.807) is 11.8 Å². The van der Waals surface area contributed by atoms with E-state index >= 15 is 0 Å². The molecule has 0 spiro atoms. The maximum atomic E-state index is 12.5. The standard InChI is InChI=1S/C19H13NOS/c21-19(13-6-2-1-3-7-13)14-10-11-18-16(12-14)20-15-8-4-5-9-17(15)22-18/h1-12,20H. The second-order valence-electron chi connectivity index (χ2n) is 5.13. The second kappa shape index (κ2) is 5.35. The van der Waals surface area contributed by atoms with Gasteiger partial charge in [0.1, 0.15) is 0 Å². The Bertz CT molecular complexity index is 858. The van der Waals surface area contributed by atoms with Gasteiger partial charge < -0.3 is 5.32 Å². The smallest absolute Gasteiger partial charge is 0.193 e. The van der Waals surface area contributed by atoms with E-state index in [1.807, 2.05) is 60.7 Å². The highest BCUT2D eigenvalue weighted by Gasteiger charge is 2.17. The number of ketones is 1. The number of carbonyl (C=O) groups excluding carboxylic acids is 1. The number of hydrogen-bond donors (Lipinski definition) is 1. The third kappa shape index (κ3) is 2.30. The molecule has 1 heterocycles. The van der Waals surface area contributed by atoms with Gasteiger partial charge in [-0.25, -0.2) is 0 Å². The van der Waals surface area contributed by atoms with E-state index in [0.717, 1.165) is 16.3 Å². The number of fused-ring (bicyclic) bond motifs is 2. The predicted molar refractivity (Wildman–Crippen MR) is 90.2 cm³/mol. The molecule has 3 heteroatoms. The van der Waals surface area contributed by atoms with Gasteiger partial charge in [-0.2, -0.15) is 0 Å². The molecule has 3 aromatic carbocycles. The number of rotatable bonds is 2. The molecule has 2 nitrogen and oxygen atoms in total. The number of nitrogens with one attached hydrogen (secondary N) is 1. The first-order valence-electron chi connectivity index (χ1n) is 7.09. The summed E-state index contributed by atoms with van der Waals surface area (Å²) in [5, 5.41) is 3.41. The third-order valence-corrected chi connectivity index (χ3v) is 4.81. The van der Waals surface area contributed by atoms with Crippen LogP contribution in [-0.4, -0.2) is 5.78 Å². The fraction of sp³-hybridized carbons (Fsp3) is 0. The molecule has 0 bridgehead atoms. The van der Waals surface area contributed by atoms with Crippen molar-refractivity contribution in [2.24, 2.45) is 0 Å². The van der Waals surface area contributed by atoms with Gasteiger partial charge in [0, 0.05) is 20.9 Å². The largest absolute Gasteiger partial charge is 0.354 e. The highest BCUT2D eigenvalue weighted by Crippen LogP contribution is 2.44. The molecule has 106 valence electrons. The molecule has 0 radical (unpaired) electrons. The molecular formula is C19H13NOS. The molecule has 0 aromatic heterocycles. The van der Waals surface area contributed by atoms with Crippen LogP contribution in [0, 0.1) is 0 Å². The Kier molecular flexibility index (Phi) is 3.20. The lowest BCUT2D eigenvalue weighted by atomic mass is 10.0. The lowest BCUT2D eigenvalue weighted by molar-refractivity contribution is 0.103. The highest BCUT2D eigenvalue weighted by molar-refractivity contribution is 7.99. The molecule has 1 aliphatic heterocycles. The summed E-state index contributed by atoms with van der Waals surface area (Å²) in [6.45, 7) is 0. The summed E-state index contributed by atoms with van der Waals surface area (Å²) in [4.78, 5) is 14.9. The number of para-hydroxylation sites is 1. The predicted octanol–water partition coefficient (Wildman–Crippen LogP) is 5.13. The van der Waals surface area contributed by atoms with Crippen molar-refractivity contribution in [3.05, 3.63) is 83.9 Å². The minimum absolute atomic E-state index is 0.0501. The van der Waals surface area contributed by atoms with Gasteiger partial charge in [0.2, 0.25) is 0 Å². The Morgan fingerprint density at radius 2 is 1.45 bits per heavy atom. The van der Waals surface area contributed by atoms with Crippen LogP contribution >= 0.6 is 11.8 Å². The van der Waals surface area contributed by atoms with Crippen LogP contribution in [0.1, 0.15) is 15.9 Å². The molecule has 0 aliphatic carbocycles. The van der Waals surface area contributed by atoms with Crippen LogP contribution in [0.4, 0.5) is 11.4 Å². The molecule has 0 amide bonds. The SMILES string of the molecule is O=C(c1ccccc1)c1ccc2c(c1)Nc1ccccc1S2. The Balaban J connectivity index is 1.70. The molecule has 4 rings (SSSR count). The van der Waals surface area contributed by atoms with Crippen molar-refractivity contribution in [1.82, 2.24) is 0 Å². The van der Waals surface area contributed by atoms with E-state index in [0.29, 0.717) is 11.1 Å². The summed E-state index contributed by atoms with van der Waals surface area (Å²) in [6.07, 6.45) is 0. The average molecular weight is 303 g/mol. The summed E-state index contributed by atoms with van der Waals surface area (Å²) >= 11 is 1.72. The van der Waals surface area contributed by atoms with Crippen molar-refractivity contribution in [2.45, 2.75) is 9.79 Å². The Morgan fingerprint density at radius 1 is 0.727 bits per heavy atom. The van der Waals surface area contributed by atoms with Gasteiger partial charge in [-0.05, 0) is 30.3 Å². The zero-order chi connectivity index (χ0) is 14.9. The van der Waals surface area contributed by atoms with E-state index in [-0.39, 0.29) is 5.78 Å². The van der Waals surface area contributed by atoms with Crippen LogP contribution in [0.25, 0.3) is 0 Å². The van der Waals surface area contributed by atoms with Crippen LogP contribution in [0.2, 0.25) is 0 Å². The summed E-state index contributed by atoms with van der Waals surface area (Å²) < 4.78 is 0. The summed E-state index contributed by atoms with van der Waals surface area (Å²) in [5.41, 5.74) is 3.50. The van der Waals surface area contributed by atoms with E-state index < -0.39 is 0 Å². The van der Waals surface area contributed by atoms with Crippen LogP contribution in [0.5, 0.6) is 0 Å². The normalized spacial score (nSPS) is 12.0. The first kappa shape index (κ1) is 13.2. The van der Waals surface area contributed by atoms with Crippen molar-refractivity contribution in [2.75, 3.05) is 5.32 Å². The van der Waals surface area contributed by atoms with Gasteiger partial charge in [-0.3, -0.25) is 4.79 Å². The van der Waals surface area contributed by atoms with E-state index in [1.165, 1.54) is 4.90 Å². The maximum Gasteiger partial charge on any atom is 0.193 e. The molecule has 0 fully saturated rings. The van der Waals surface area contributed by atoms with Crippen molar-refractivity contribution in [3.8, 4) is 0 Å². The molecule has 0 saturated heterocycles. The Hall–Kier alpha value is -2.52. The lowest BCUT2D eigenvalue weighted by Crippen LogP contribution is -2.04. The molecule has 1 aliphatic rings. The minimum Gasteiger partial charge on any atom is -0.354 e. The van der Waals surface area contributed by atoms with Crippen molar-refractivity contribution >= 4 is 28.9 Å². The fourth-order valence-corrected chi connectivity index (χ4v) is 3.51. The molecule has 1 N–H and O–H groups in total. The zero-order valence-electron chi connectivity index (χ0n) is 11.7. The minimum atomic E-state index is 0.0501. The fourth-order valence-electron chi connectivity index (χ4n) is 2.54. The number of hydrogen-bond acceptors (Lipinski definition) is 3. The molecule has 0 saturated carbocycles. The molecule has 3 aromatic rings. The van der Waals surface area contributed by atoms with Gasteiger partial charge in [-0.15, -0.1) is 0 Å². The quantitative estimate of drug-likeness (QED) is 0.521. The van der Waals surface area contributed by atoms with Gasteiger partial charge in [0.15, 0.2) is 5.78 Å². The van der Waals surface area contributed by atoms with E-state index in [9.17, 15) is 4.79 Å². The summed E-state index contributed by atoms with van der Waals surface area (Å²) in [7, 11) is 0. The lowest BCUT2D eigenvalue weighted by Gasteiger charge is -2.21. The van der Waals surface area contributed by atoms with Crippen LogP contribution in [0.3, 0.4) is 0 Å². The first-order chi connectivity index (χ1) is 10.8. The van der Waals surface area contributed by atoms with E-state index in [2.05, 4.69) is 17.4 Å². The van der Waals surface area contributed by atoms with Crippen molar-refractivity contribution in [3.63, 3.8) is 0 Å². The monoisotopic (exact) mass is 303 g/mol. The van der Waals surface area contributed by atoms with Crippen LogP contribution < -0.4 is 5.32 Å². The second-order valence-corrected chi connectivity index (χ2v) is 6.21. The third-order valence-electron chi connectivity index (χ3n) is 3.65. The maximum absolute atomic E-state index is 12.5. The van der Waals surface area contributed by atoms with Gasteiger partial charge in [0.25, 0.3) is 0 Å². The molecular weight excluding hydrogens is 290 g/mol. The van der Waals surface area contributed by atoms with Crippen LogP contribution in [0.15, 0.2) is 82.6 Å². The first-order valence-corrected chi connectivity index (χ1v) is 7.90. The number of anilines is 2. The topological polar surface area (TPSA) is 29.1 Å². The van der Waals surface area contributed by atoms with Gasteiger partial charge in [-0.1, -0.05) is 54.2 Å². The van der Waals surface area contributed by atoms with E-state index in [4.69, 9.17) is 0 Å². The average Bonchev–Trinajstić information content (AvgIpc) is 2.59. The van der Waals surface area contributed by atoms with Gasteiger partial charge >= 0.3 is 0 Å². The van der Waals surface area contributed by atoms with Crippen molar-refractivity contribution < 1.29 is 4.79 Å². The number of benzene rings is 3. The van der Waals surface area contributed by atoms with Crippen LogP contribution in [-0.2, 0) is 0 Å². The molecule has 0 atom stereocenters. The van der Waals surface area contributed by atoms with Gasteiger partial charge in [0.05, 0.1) is 11.4 Å². The molecule has 0 unspecified atom stereocenters. The Labute approximate surface area is 133 Å². The number of carbonyl (C=O) groups is 1. The summed E-state index contributed by atoms with van der Waals surface area (Å²) in [5.74, 6) is 0.0501. The summed E-state index contributed by atoms with van der Waals surface area (Å²) in [6, 6.07) is 23.4. The Morgan fingerprint density at radius 3 is 2.32 bits per heavy atom.